The van der Waals surface area contributed by atoms with Gasteiger partial charge in [-0.3, -0.25) is 0 Å². The van der Waals surface area contributed by atoms with E-state index in [4.69, 9.17) is 10.00 Å². The van der Waals surface area contributed by atoms with E-state index in [-0.39, 0.29) is 0 Å². The van der Waals surface area contributed by atoms with Crippen LogP contribution in [-0.2, 0) is 0 Å². The van der Waals surface area contributed by atoms with Crippen LogP contribution in [0.4, 0.5) is 5.69 Å². The Hall–Kier alpha value is -1.69. The lowest BCUT2D eigenvalue weighted by Gasteiger charge is -2.14. The highest BCUT2D eigenvalue weighted by atomic mass is 16.5. The van der Waals surface area contributed by atoms with Crippen molar-refractivity contribution in [1.82, 2.24) is 0 Å². The number of rotatable bonds is 3. The Morgan fingerprint density at radius 1 is 1.40 bits per heavy atom. The average Bonchev–Trinajstić information content (AvgIpc) is 3.01. The van der Waals surface area contributed by atoms with Crippen molar-refractivity contribution in [3.63, 3.8) is 0 Å². The third-order valence-electron chi connectivity index (χ3n) is 2.42. The van der Waals surface area contributed by atoms with Gasteiger partial charge in [0.2, 0.25) is 0 Å². The number of nitriles is 1. The zero-order valence-corrected chi connectivity index (χ0v) is 9.03. The smallest absolute Gasteiger partial charge is 0.139 e. The predicted molar refractivity (Wildman–Crippen MR) is 59.1 cm³/mol. The molecule has 3 heteroatoms. The zero-order valence-electron chi connectivity index (χ0n) is 9.03. The number of hydrogen-bond acceptors (Lipinski definition) is 3. The first-order valence-electron chi connectivity index (χ1n) is 5.09. The number of ether oxygens (including phenoxy) is 1. The van der Waals surface area contributed by atoms with Gasteiger partial charge in [0, 0.05) is 25.8 Å². The highest BCUT2D eigenvalue weighted by molar-refractivity contribution is 5.56. The van der Waals surface area contributed by atoms with Crippen molar-refractivity contribution in [2.24, 2.45) is 0 Å². The number of nitrogens with zero attached hydrogens (tertiary/aromatic N) is 2. The summed E-state index contributed by atoms with van der Waals surface area (Å²) >= 11 is 0. The molecular weight excluding hydrogens is 188 g/mol. The first kappa shape index (κ1) is 9.85. The standard InChI is InChI=1S/C12H14N2O/c1-14(2)10-4-3-9(8-13)12(7-10)15-11-5-6-11/h3-4,7,11H,5-6H2,1-2H3. The van der Waals surface area contributed by atoms with Crippen LogP contribution in [0.1, 0.15) is 18.4 Å². The summed E-state index contributed by atoms with van der Waals surface area (Å²) in [5.41, 5.74) is 1.68. The molecule has 0 radical (unpaired) electrons. The summed E-state index contributed by atoms with van der Waals surface area (Å²) in [6, 6.07) is 7.82. The maximum atomic E-state index is 8.94. The van der Waals surface area contributed by atoms with E-state index < -0.39 is 0 Å². The fourth-order valence-corrected chi connectivity index (χ4v) is 1.34. The van der Waals surface area contributed by atoms with Gasteiger partial charge in [0.05, 0.1) is 11.7 Å². The molecule has 78 valence electrons. The van der Waals surface area contributed by atoms with Crippen molar-refractivity contribution >= 4 is 5.69 Å². The molecule has 0 unspecified atom stereocenters. The van der Waals surface area contributed by atoms with Crippen molar-refractivity contribution in [3.8, 4) is 11.8 Å². The Morgan fingerprint density at radius 3 is 2.67 bits per heavy atom. The predicted octanol–water partition coefficient (Wildman–Crippen LogP) is 2.17. The van der Waals surface area contributed by atoms with Gasteiger partial charge in [-0.15, -0.1) is 0 Å². The van der Waals surface area contributed by atoms with Crippen LogP contribution in [0, 0.1) is 11.3 Å². The third-order valence-corrected chi connectivity index (χ3v) is 2.42. The van der Waals surface area contributed by atoms with Crippen LogP contribution < -0.4 is 9.64 Å². The molecule has 15 heavy (non-hydrogen) atoms. The number of hydrogen-bond donors (Lipinski definition) is 0. The largest absolute Gasteiger partial charge is 0.489 e. The molecule has 2 rings (SSSR count). The van der Waals surface area contributed by atoms with E-state index in [1.807, 2.05) is 37.2 Å². The molecule has 1 aliphatic carbocycles. The van der Waals surface area contributed by atoms with E-state index in [1.165, 1.54) is 0 Å². The molecule has 1 aromatic carbocycles. The molecule has 3 nitrogen and oxygen atoms in total. The molecule has 0 N–H and O–H groups in total. The minimum atomic E-state index is 0.328. The summed E-state index contributed by atoms with van der Waals surface area (Å²) in [4.78, 5) is 2.00. The van der Waals surface area contributed by atoms with Crippen molar-refractivity contribution < 1.29 is 4.74 Å². The third kappa shape index (κ3) is 2.21. The first-order valence-corrected chi connectivity index (χ1v) is 5.09. The lowest BCUT2D eigenvalue weighted by atomic mass is 10.2. The molecule has 0 bridgehead atoms. The van der Waals surface area contributed by atoms with Gasteiger partial charge in [0.25, 0.3) is 0 Å². The second kappa shape index (κ2) is 3.82. The van der Waals surface area contributed by atoms with Crippen LogP contribution in [0.2, 0.25) is 0 Å². The molecule has 0 aromatic heterocycles. The Balaban J connectivity index is 2.29. The van der Waals surface area contributed by atoms with E-state index in [2.05, 4.69) is 6.07 Å². The summed E-state index contributed by atoms with van der Waals surface area (Å²) in [5.74, 6) is 0.714. The lowest BCUT2D eigenvalue weighted by molar-refractivity contribution is 0.302. The summed E-state index contributed by atoms with van der Waals surface area (Å²) < 4.78 is 5.69. The zero-order chi connectivity index (χ0) is 10.8. The Labute approximate surface area is 89.9 Å². The quantitative estimate of drug-likeness (QED) is 0.753. The van der Waals surface area contributed by atoms with Gasteiger partial charge in [0.1, 0.15) is 11.8 Å². The molecule has 1 aliphatic rings. The summed E-state index contributed by atoms with van der Waals surface area (Å²) in [6.45, 7) is 0. The van der Waals surface area contributed by atoms with E-state index in [0.717, 1.165) is 18.5 Å². The topological polar surface area (TPSA) is 36.3 Å². The highest BCUT2D eigenvalue weighted by Crippen LogP contribution is 2.31. The molecule has 1 aromatic rings. The van der Waals surface area contributed by atoms with Gasteiger partial charge in [-0.1, -0.05) is 0 Å². The summed E-state index contributed by atoms with van der Waals surface area (Å²) in [6.07, 6.45) is 2.54. The van der Waals surface area contributed by atoms with Crippen LogP contribution >= 0.6 is 0 Å². The van der Waals surface area contributed by atoms with Crippen molar-refractivity contribution in [2.45, 2.75) is 18.9 Å². The SMILES string of the molecule is CN(C)c1ccc(C#N)c(OC2CC2)c1. The molecule has 0 amide bonds. The minimum absolute atomic E-state index is 0.328. The fraction of sp³-hybridized carbons (Fsp3) is 0.417. The maximum Gasteiger partial charge on any atom is 0.139 e. The van der Waals surface area contributed by atoms with Gasteiger partial charge in [-0.05, 0) is 25.0 Å². The van der Waals surface area contributed by atoms with E-state index in [1.54, 1.807) is 0 Å². The normalized spacial score (nSPS) is 14.5. The monoisotopic (exact) mass is 202 g/mol. The average molecular weight is 202 g/mol. The van der Waals surface area contributed by atoms with Crippen LogP contribution in [0.3, 0.4) is 0 Å². The Bertz CT molecular complexity index is 403. The summed E-state index contributed by atoms with van der Waals surface area (Å²) in [5, 5.41) is 8.94. The first-order chi connectivity index (χ1) is 7.20. The molecule has 1 fully saturated rings. The van der Waals surface area contributed by atoms with Crippen molar-refractivity contribution in [2.75, 3.05) is 19.0 Å². The van der Waals surface area contributed by atoms with E-state index >= 15 is 0 Å². The van der Waals surface area contributed by atoms with Crippen molar-refractivity contribution in [3.05, 3.63) is 23.8 Å². The molecule has 0 spiro atoms. The Morgan fingerprint density at radius 2 is 2.13 bits per heavy atom. The van der Waals surface area contributed by atoms with Crippen molar-refractivity contribution in [1.29, 1.82) is 5.26 Å². The summed E-state index contributed by atoms with van der Waals surface area (Å²) in [7, 11) is 3.95. The van der Waals surface area contributed by atoms with Gasteiger partial charge in [0.15, 0.2) is 0 Å². The van der Waals surface area contributed by atoms with Gasteiger partial charge >= 0.3 is 0 Å². The van der Waals surface area contributed by atoms with Gasteiger partial charge in [-0.2, -0.15) is 5.26 Å². The second-order valence-corrected chi connectivity index (χ2v) is 4.00. The van der Waals surface area contributed by atoms with Crippen LogP contribution in [0.15, 0.2) is 18.2 Å². The van der Waals surface area contributed by atoms with Gasteiger partial charge < -0.3 is 9.64 Å². The fourth-order valence-electron chi connectivity index (χ4n) is 1.34. The lowest BCUT2D eigenvalue weighted by Crippen LogP contribution is -2.09. The van der Waals surface area contributed by atoms with E-state index in [0.29, 0.717) is 17.4 Å². The Kier molecular flexibility index (Phi) is 2.51. The van der Waals surface area contributed by atoms with Crippen LogP contribution in [0.5, 0.6) is 5.75 Å². The van der Waals surface area contributed by atoms with Crippen LogP contribution in [0.25, 0.3) is 0 Å². The molecule has 0 saturated heterocycles. The maximum absolute atomic E-state index is 8.94. The number of anilines is 1. The molecule has 1 saturated carbocycles. The second-order valence-electron chi connectivity index (χ2n) is 4.00. The molecular formula is C12H14N2O. The van der Waals surface area contributed by atoms with Crippen LogP contribution in [-0.4, -0.2) is 20.2 Å². The molecule has 0 atom stereocenters. The minimum Gasteiger partial charge on any atom is -0.489 e. The van der Waals surface area contributed by atoms with Gasteiger partial charge in [-0.25, -0.2) is 0 Å². The highest BCUT2D eigenvalue weighted by Gasteiger charge is 2.24. The molecule has 0 heterocycles. The van der Waals surface area contributed by atoms with E-state index in [9.17, 15) is 0 Å². The number of benzene rings is 1. The molecule has 0 aliphatic heterocycles.